The first-order valence-corrected chi connectivity index (χ1v) is 5.81. The number of pyridine rings is 1. The summed E-state index contributed by atoms with van der Waals surface area (Å²) in [5, 5.41) is 9.28. The molecule has 0 aliphatic rings. The molecule has 2 nitrogen and oxygen atoms in total. The van der Waals surface area contributed by atoms with Crippen molar-refractivity contribution in [1.29, 1.82) is 0 Å². The van der Waals surface area contributed by atoms with Gasteiger partial charge in [0.25, 0.3) is 0 Å². The number of aryl methyl sites for hydroxylation is 1. The topological polar surface area (TPSA) is 33.1 Å². The van der Waals surface area contributed by atoms with E-state index in [0.29, 0.717) is 6.42 Å². The zero-order valence-electron chi connectivity index (χ0n) is 10.5. The first kappa shape index (κ1) is 16.7. The van der Waals surface area contributed by atoms with E-state index >= 15 is 0 Å². The van der Waals surface area contributed by atoms with Crippen LogP contribution in [0.3, 0.4) is 0 Å². The summed E-state index contributed by atoms with van der Waals surface area (Å²) in [4.78, 5) is 3.74. The average Bonchev–Trinajstić information content (AvgIpc) is 2.25. The first-order valence-electron chi connectivity index (χ1n) is 5.81. The van der Waals surface area contributed by atoms with Crippen LogP contribution < -0.4 is 0 Å². The van der Waals surface area contributed by atoms with Gasteiger partial charge in [-0.15, -0.1) is 0 Å². The van der Waals surface area contributed by atoms with Gasteiger partial charge in [-0.2, -0.15) is 26.3 Å². The van der Waals surface area contributed by atoms with Crippen molar-refractivity contribution in [2.75, 3.05) is 0 Å². The predicted octanol–water partition coefficient (Wildman–Crippen LogP) is 3.29. The normalized spacial score (nSPS) is 14.7. The number of alkyl halides is 6. The summed E-state index contributed by atoms with van der Waals surface area (Å²) in [7, 11) is 0. The quantitative estimate of drug-likeness (QED) is 0.866. The molecule has 1 atom stereocenters. The van der Waals surface area contributed by atoms with Gasteiger partial charge in [0.15, 0.2) is 5.92 Å². The summed E-state index contributed by atoms with van der Waals surface area (Å²) in [6.07, 6.45) is -12.5. The molecule has 0 amide bonds. The molecule has 1 heterocycles. The lowest BCUT2D eigenvalue weighted by Gasteiger charge is -2.27. The van der Waals surface area contributed by atoms with Gasteiger partial charge in [-0.25, -0.2) is 0 Å². The van der Waals surface area contributed by atoms with Gasteiger partial charge in [0.2, 0.25) is 0 Å². The van der Waals surface area contributed by atoms with Gasteiger partial charge in [0.1, 0.15) is 0 Å². The second-order valence-electron chi connectivity index (χ2n) is 4.34. The van der Waals surface area contributed by atoms with E-state index in [1.807, 2.05) is 6.92 Å². The van der Waals surface area contributed by atoms with E-state index in [-0.39, 0.29) is 5.69 Å². The molecule has 0 fully saturated rings. The molecule has 0 aromatic carbocycles. The summed E-state index contributed by atoms with van der Waals surface area (Å²) in [6, 6.07) is 2.86. The fourth-order valence-electron chi connectivity index (χ4n) is 1.74. The zero-order chi connectivity index (χ0) is 15.6. The predicted molar refractivity (Wildman–Crippen MR) is 58.9 cm³/mol. The van der Waals surface area contributed by atoms with E-state index in [0.717, 1.165) is 5.56 Å². The van der Waals surface area contributed by atoms with Crippen molar-refractivity contribution in [3.63, 3.8) is 0 Å². The van der Waals surface area contributed by atoms with E-state index in [2.05, 4.69) is 4.98 Å². The Bertz CT molecular complexity index is 411. The lowest BCUT2D eigenvalue weighted by molar-refractivity contribution is -0.305. The van der Waals surface area contributed by atoms with Crippen molar-refractivity contribution in [3.8, 4) is 0 Å². The highest BCUT2D eigenvalue weighted by atomic mass is 19.4. The molecule has 1 aromatic heterocycles. The number of halogens is 6. The van der Waals surface area contributed by atoms with Gasteiger partial charge < -0.3 is 5.11 Å². The van der Waals surface area contributed by atoms with E-state index in [1.165, 1.54) is 12.3 Å². The van der Waals surface area contributed by atoms with Crippen molar-refractivity contribution in [1.82, 2.24) is 4.98 Å². The molecule has 0 aliphatic heterocycles. The second kappa shape index (κ2) is 5.99. The maximum Gasteiger partial charge on any atom is 0.403 e. The van der Waals surface area contributed by atoms with E-state index in [4.69, 9.17) is 0 Å². The largest absolute Gasteiger partial charge is 0.403 e. The minimum atomic E-state index is -5.55. The van der Waals surface area contributed by atoms with Crippen molar-refractivity contribution in [2.24, 2.45) is 5.92 Å². The molecule has 0 aliphatic carbocycles. The van der Waals surface area contributed by atoms with Crippen molar-refractivity contribution >= 4 is 0 Å². The Balaban J connectivity index is 2.88. The van der Waals surface area contributed by atoms with Gasteiger partial charge in [0, 0.05) is 18.3 Å². The Hall–Kier alpha value is -1.31. The van der Waals surface area contributed by atoms with Crippen molar-refractivity contribution in [2.45, 2.75) is 38.2 Å². The van der Waals surface area contributed by atoms with Crippen molar-refractivity contribution < 1.29 is 31.4 Å². The summed E-state index contributed by atoms with van der Waals surface area (Å²) in [6.45, 7) is 1.83. The number of rotatable bonds is 4. The number of aliphatic hydroxyl groups is 1. The molecule has 1 N–H and O–H groups in total. The maximum atomic E-state index is 12.4. The lowest BCUT2D eigenvalue weighted by atomic mass is 9.96. The van der Waals surface area contributed by atoms with Crippen LogP contribution in [-0.4, -0.2) is 28.5 Å². The third-order valence-corrected chi connectivity index (χ3v) is 2.80. The van der Waals surface area contributed by atoms with Crippen LogP contribution in [0.5, 0.6) is 0 Å². The standard InChI is InChI=1S/C12H13F6NO/c1-2-7-3-4-8(19-6-7)5-9(20)10(11(13,14)15)12(16,17)18/h3-4,6,9-10,20H,2,5H2,1H3. The molecule has 114 valence electrons. The molecule has 1 aromatic rings. The Morgan fingerprint density at radius 2 is 1.65 bits per heavy atom. The minimum Gasteiger partial charge on any atom is -0.392 e. The van der Waals surface area contributed by atoms with Gasteiger partial charge in [-0.1, -0.05) is 13.0 Å². The number of aliphatic hydroxyl groups excluding tert-OH is 1. The molecule has 20 heavy (non-hydrogen) atoms. The fraction of sp³-hybridized carbons (Fsp3) is 0.583. The summed E-state index contributed by atoms with van der Waals surface area (Å²) in [5.74, 6) is -3.78. The van der Waals surface area contributed by atoms with Crippen LogP contribution in [0.15, 0.2) is 18.3 Å². The SMILES string of the molecule is CCc1ccc(CC(O)C(C(F)(F)F)C(F)(F)F)nc1. The van der Waals surface area contributed by atoms with E-state index < -0.39 is 30.8 Å². The number of aromatic nitrogens is 1. The fourth-order valence-corrected chi connectivity index (χ4v) is 1.74. The molecule has 1 rings (SSSR count). The lowest BCUT2D eigenvalue weighted by Crippen LogP contribution is -2.45. The van der Waals surface area contributed by atoms with Crippen LogP contribution in [0, 0.1) is 5.92 Å². The van der Waals surface area contributed by atoms with Gasteiger partial charge in [-0.05, 0) is 18.1 Å². The highest BCUT2D eigenvalue weighted by Gasteiger charge is 2.60. The molecule has 0 spiro atoms. The Labute approximate surface area is 111 Å². The Kier molecular flexibility index (Phi) is 5.01. The second-order valence-corrected chi connectivity index (χ2v) is 4.34. The van der Waals surface area contributed by atoms with Gasteiger partial charge in [-0.3, -0.25) is 4.98 Å². The molecule has 0 saturated carbocycles. The van der Waals surface area contributed by atoms with Crippen LogP contribution >= 0.6 is 0 Å². The Morgan fingerprint density at radius 1 is 1.10 bits per heavy atom. The number of hydrogen-bond donors (Lipinski definition) is 1. The third-order valence-electron chi connectivity index (χ3n) is 2.80. The summed E-state index contributed by atoms with van der Waals surface area (Å²) >= 11 is 0. The molecular weight excluding hydrogens is 288 g/mol. The van der Waals surface area contributed by atoms with Crippen molar-refractivity contribution in [3.05, 3.63) is 29.6 Å². The Morgan fingerprint density at radius 3 is 2.00 bits per heavy atom. The third kappa shape index (κ3) is 4.36. The summed E-state index contributed by atoms with van der Waals surface area (Å²) in [5.41, 5.74) is 0.777. The highest BCUT2D eigenvalue weighted by Crippen LogP contribution is 2.41. The minimum absolute atomic E-state index is 0.0202. The van der Waals surface area contributed by atoms with Crippen LogP contribution in [0.2, 0.25) is 0 Å². The highest BCUT2D eigenvalue weighted by molar-refractivity contribution is 5.14. The molecule has 0 saturated heterocycles. The van der Waals surface area contributed by atoms with Crippen LogP contribution in [0.4, 0.5) is 26.3 Å². The summed E-state index contributed by atoms with van der Waals surface area (Å²) < 4.78 is 74.3. The smallest absolute Gasteiger partial charge is 0.392 e. The molecule has 0 radical (unpaired) electrons. The number of nitrogens with zero attached hydrogens (tertiary/aromatic N) is 1. The van der Waals surface area contributed by atoms with Crippen LogP contribution in [-0.2, 0) is 12.8 Å². The molecular formula is C12H13F6NO. The van der Waals surface area contributed by atoms with Crippen LogP contribution in [0.25, 0.3) is 0 Å². The molecule has 8 heteroatoms. The number of hydrogen-bond acceptors (Lipinski definition) is 2. The van der Waals surface area contributed by atoms with Crippen LogP contribution in [0.1, 0.15) is 18.2 Å². The van der Waals surface area contributed by atoms with Gasteiger partial charge >= 0.3 is 12.4 Å². The molecule has 1 unspecified atom stereocenters. The average molecular weight is 301 g/mol. The van der Waals surface area contributed by atoms with E-state index in [9.17, 15) is 31.4 Å². The monoisotopic (exact) mass is 301 g/mol. The maximum absolute atomic E-state index is 12.4. The van der Waals surface area contributed by atoms with Gasteiger partial charge in [0.05, 0.1) is 6.10 Å². The van der Waals surface area contributed by atoms with E-state index in [1.54, 1.807) is 6.07 Å². The first-order chi connectivity index (χ1) is 9.05. The zero-order valence-corrected chi connectivity index (χ0v) is 10.5. The molecule has 0 bridgehead atoms.